The highest BCUT2D eigenvalue weighted by Gasteiger charge is 2.15. The number of thiazole rings is 1. The van der Waals surface area contributed by atoms with E-state index in [2.05, 4.69) is 19.9 Å². The summed E-state index contributed by atoms with van der Waals surface area (Å²) in [5, 5.41) is 8.01. The van der Waals surface area contributed by atoms with E-state index in [1.165, 1.54) is 29.9 Å². The van der Waals surface area contributed by atoms with Crippen LogP contribution in [0.15, 0.2) is 28.9 Å². The van der Waals surface area contributed by atoms with Crippen molar-refractivity contribution in [2.24, 2.45) is 0 Å². The molecule has 2 heterocycles. The Morgan fingerprint density at radius 2 is 2.36 bits per heavy atom. The number of nitrogens with one attached hydrogen (secondary N) is 2. The van der Waals surface area contributed by atoms with E-state index >= 15 is 0 Å². The van der Waals surface area contributed by atoms with Crippen molar-refractivity contribution in [2.45, 2.75) is 4.90 Å². The minimum atomic E-state index is -3.54. The van der Waals surface area contributed by atoms with Crippen molar-refractivity contribution in [3.63, 3.8) is 0 Å². The van der Waals surface area contributed by atoms with Crippen LogP contribution in [0.4, 0.5) is 5.13 Å². The van der Waals surface area contributed by atoms with Crippen molar-refractivity contribution >= 4 is 26.5 Å². The summed E-state index contributed by atoms with van der Waals surface area (Å²) in [7, 11) is -3.54. The van der Waals surface area contributed by atoms with Crippen LogP contribution in [0.25, 0.3) is 0 Å². The minimum Gasteiger partial charge on any atom is -0.284 e. The minimum absolute atomic E-state index is 0.0905. The van der Waals surface area contributed by atoms with Gasteiger partial charge in [0, 0.05) is 17.8 Å². The molecule has 74 valence electrons. The number of sulfonamides is 1. The van der Waals surface area contributed by atoms with Gasteiger partial charge in [-0.2, -0.15) is 5.10 Å². The number of aromatic nitrogens is 3. The van der Waals surface area contributed by atoms with Crippen molar-refractivity contribution in [3.8, 4) is 0 Å². The van der Waals surface area contributed by atoms with Gasteiger partial charge < -0.3 is 0 Å². The van der Waals surface area contributed by atoms with E-state index in [9.17, 15) is 8.42 Å². The summed E-state index contributed by atoms with van der Waals surface area (Å²) in [4.78, 5) is 3.90. The smallest absolute Gasteiger partial charge is 0.266 e. The number of rotatable bonds is 3. The molecule has 0 unspecified atom stereocenters. The van der Waals surface area contributed by atoms with Gasteiger partial charge >= 0.3 is 0 Å². The molecular formula is C6H6N4O2S2. The fourth-order valence-corrected chi connectivity index (χ4v) is 2.53. The number of hydrogen-bond acceptors (Lipinski definition) is 5. The van der Waals surface area contributed by atoms with Crippen LogP contribution < -0.4 is 4.72 Å². The Bertz CT molecular complexity index is 488. The summed E-state index contributed by atoms with van der Waals surface area (Å²) < 4.78 is 25.4. The maximum Gasteiger partial charge on any atom is 0.266 e. The summed E-state index contributed by atoms with van der Waals surface area (Å²) in [6.45, 7) is 0. The fraction of sp³-hybridized carbons (Fsp3) is 0. The SMILES string of the molecule is O=S(=O)(Nc1nccs1)c1cn[nH]c1. The van der Waals surface area contributed by atoms with Gasteiger partial charge in [0.2, 0.25) is 0 Å². The van der Waals surface area contributed by atoms with E-state index in [0.717, 1.165) is 0 Å². The molecule has 0 aliphatic rings. The highest BCUT2D eigenvalue weighted by molar-refractivity contribution is 7.93. The molecule has 0 saturated carbocycles. The van der Waals surface area contributed by atoms with E-state index < -0.39 is 10.0 Å². The predicted octanol–water partition coefficient (Wildman–Crippen LogP) is 0.667. The quantitative estimate of drug-likeness (QED) is 0.811. The largest absolute Gasteiger partial charge is 0.284 e. The van der Waals surface area contributed by atoms with Gasteiger partial charge in [-0.1, -0.05) is 0 Å². The second-order valence-electron chi connectivity index (χ2n) is 2.38. The first kappa shape index (κ1) is 9.16. The Hall–Kier alpha value is -1.41. The molecule has 2 aromatic heterocycles. The molecule has 0 bridgehead atoms. The molecule has 0 aliphatic heterocycles. The molecule has 0 spiro atoms. The zero-order chi connectivity index (χ0) is 10.0. The molecule has 0 amide bonds. The lowest BCUT2D eigenvalue weighted by Crippen LogP contribution is -2.11. The van der Waals surface area contributed by atoms with E-state index in [1.807, 2.05) is 0 Å². The van der Waals surface area contributed by atoms with E-state index in [-0.39, 0.29) is 4.90 Å². The zero-order valence-electron chi connectivity index (χ0n) is 6.84. The number of H-pyrrole nitrogens is 1. The molecule has 0 aliphatic carbocycles. The van der Waals surface area contributed by atoms with Crippen molar-refractivity contribution in [3.05, 3.63) is 24.0 Å². The summed E-state index contributed by atoms with van der Waals surface area (Å²) >= 11 is 1.22. The second-order valence-corrected chi connectivity index (χ2v) is 4.95. The summed E-state index contributed by atoms with van der Waals surface area (Å²) in [5.41, 5.74) is 0. The number of hydrogen-bond donors (Lipinski definition) is 2. The highest BCUT2D eigenvalue weighted by Crippen LogP contribution is 2.16. The van der Waals surface area contributed by atoms with Gasteiger partial charge in [0.25, 0.3) is 10.0 Å². The zero-order valence-corrected chi connectivity index (χ0v) is 8.47. The van der Waals surface area contributed by atoms with Crippen LogP contribution in [-0.2, 0) is 10.0 Å². The van der Waals surface area contributed by atoms with Crippen molar-refractivity contribution < 1.29 is 8.42 Å². The third-order valence-corrected chi connectivity index (χ3v) is 3.56. The topological polar surface area (TPSA) is 87.7 Å². The van der Waals surface area contributed by atoms with E-state index in [0.29, 0.717) is 5.13 Å². The molecule has 0 saturated heterocycles. The normalized spacial score (nSPS) is 11.4. The lowest BCUT2D eigenvalue weighted by Gasteiger charge is -2.00. The van der Waals surface area contributed by atoms with Gasteiger partial charge in [0.05, 0.1) is 6.20 Å². The van der Waals surface area contributed by atoms with Gasteiger partial charge in [0.1, 0.15) is 4.90 Å². The molecule has 14 heavy (non-hydrogen) atoms. The van der Waals surface area contributed by atoms with Gasteiger partial charge in [-0.25, -0.2) is 13.4 Å². The van der Waals surface area contributed by atoms with Gasteiger partial charge in [-0.3, -0.25) is 9.82 Å². The van der Waals surface area contributed by atoms with Gasteiger partial charge in [-0.05, 0) is 0 Å². The lowest BCUT2D eigenvalue weighted by molar-refractivity contribution is 0.601. The molecule has 0 radical (unpaired) electrons. The number of aromatic amines is 1. The van der Waals surface area contributed by atoms with Crippen molar-refractivity contribution in [1.82, 2.24) is 15.2 Å². The van der Waals surface area contributed by atoms with Crippen molar-refractivity contribution in [2.75, 3.05) is 4.72 Å². The van der Waals surface area contributed by atoms with E-state index in [4.69, 9.17) is 0 Å². The first-order valence-electron chi connectivity index (χ1n) is 3.59. The number of anilines is 1. The number of nitrogens with zero attached hydrogens (tertiary/aromatic N) is 2. The average Bonchev–Trinajstić information content (AvgIpc) is 2.71. The molecule has 0 atom stereocenters. The van der Waals surface area contributed by atoms with Crippen molar-refractivity contribution in [1.29, 1.82) is 0 Å². The monoisotopic (exact) mass is 230 g/mol. The van der Waals surface area contributed by atoms with E-state index in [1.54, 1.807) is 5.38 Å². The van der Waals surface area contributed by atoms with Gasteiger partial charge in [-0.15, -0.1) is 11.3 Å². The molecule has 2 aromatic rings. The van der Waals surface area contributed by atoms with Crippen LogP contribution in [0.3, 0.4) is 0 Å². The molecule has 0 aromatic carbocycles. The van der Waals surface area contributed by atoms with Crippen LogP contribution in [0.1, 0.15) is 0 Å². The Morgan fingerprint density at radius 1 is 1.50 bits per heavy atom. The Balaban J connectivity index is 2.27. The Labute approximate surface area is 84.1 Å². The third kappa shape index (κ3) is 1.75. The standard InChI is InChI=1S/C6H6N4O2S2/c11-14(12,5-3-8-9-4-5)10-6-7-1-2-13-6/h1-4H,(H,7,10)(H,8,9). The molecule has 2 N–H and O–H groups in total. The second kappa shape index (κ2) is 3.39. The first-order chi connectivity index (χ1) is 6.68. The van der Waals surface area contributed by atoms with Crippen LogP contribution in [-0.4, -0.2) is 23.6 Å². The summed E-state index contributed by atoms with van der Waals surface area (Å²) in [6, 6.07) is 0. The maximum atomic E-state index is 11.6. The van der Waals surface area contributed by atoms with Gasteiger partial charge in [0.15, 0.2) is 5.13 Å². The predicted molar refractivity (Wildman–Crippen MR) is 51.5 cm³/mol. The molecule has 6 nitrogen and oxygen atoms in total. The highest BCUT2D eigenvalue weighted by atomic mass is 32.2. The Morgan fingerprint density at radius 3 is 2.93 bits per heavy atom. The van der Waals surface area contributed by atoms with Crippen LogP contribution >= 0.6 is 11.3 Å². The third-order valence-electron chi connectivity index (χ3n) is 1.44. The average molecular weight is 230 g/mol. The van der Waals surface area contributed by atoms with Crippen LogP contribution in [0.2, 0.25) is 0 Å². The Kier molecular flexibility index (Phi) is 2.22. The van der Waals surface area contributed by atoms with Crippen LogP contribution in [0, 0.1) is 0 Å². The molecule has 2 rings (SSSR count). The molecule has 8 heteroatoms. The summed E-state index contributed by atoms with van der Waals surface area (Å²) in [5.74, 6) is 0. The molecule has 0 fully saturated rings. The van der Waals surface area contributed by atoms with Crippen LogP contribution in [0.5, 0.6) is 0 Å². The lowest BCUT2D eigenvalue weighted by atomic mass is 10.7. The maximum absolute atomic E-state index is 11.6. The fourth-order valence-electron chi connectivity index (χ4n) is 0.834. The summed E-state index contributed by atoms with van der Waals surface area (Å²) in [6.07, 6.45) is 4.06. The molecular weight excluding hydrogens is 224 g/mol. The first-order valence-corrected chi connectivity index (χ1v) is 5.96.